The monoisotopic (exact) mass is 540 g/mol. The number of esters is 3. The van der Waals surface area contributed by atoms with Crippen LogP contribution in [0.5, 0.6) is 5.75 Å². The highest BCUT2D eigenvalue weighted by Crippen LogP contribution is 2.66. The van der Waals surface area contributed by atoms with Gasteiger partial charge in [-0.3, -0.25) is 14.4 Å². The Morgan fingerprint density at radius 1 is 1.03 bits per heavy atom. The Labute approximate surface area is 227 Å². The van der Waals surface area contributed by atoms with E-state index in [4.69, 9.17) is 23.4 Å². The predicted octanol–water partition coefficient (Wildman–Crippen LogP) is 4.80. The van der Waals surface area contributed by atoms with E-state index in [9.17, 15) is 19.2 Å². The summed E-state index contributed by atoms with van der Waals surface area (Å²) in [6, 6.07) is 4.67. The van der Waals surface area contributed by atoms with Gasteiger partial charge in [-0.2, -0.15) is 0 Å². The summed E-state index contributed by atoms with van der Waals surface area (Å²) in [7, 11) is 0. The molecule has 2 bridgehead atoms. The molecule has 39 heavy (non-hydrogen) atoms. The van der Waals surface area contributed by atoms with Crippen molar-refractivity contribution in [3.63, 3.8) is 0 Å². The van der Waals surface area contributed by atoms with Crippen LogP contribution in [0.1, 0.15) is 85.7 Å². The molecule has 1 aliphatic carbocycles. The first-order valence-corrected chi connectivity index (χ1v) is 13.5. The molecule has 0 N–H and O–H groups in total. The maximum atomic E-state index is 14.1. The molecule has 0 radical (unpaired) electrons. The van der Waals surface area contributed by atoms with E-state index in [0.29, 0.717) is 36.3 Å². The number of benzene rings is 1. The average Bonchev–Trinajstić information content (AvgIpc) is 3.15. The SMILES string of the molecule is CCc1cc(=O)c2ccc3c(c2o1)[C@@H](OC(=O)[C@@]12CC[C@@](C)(C(=O)O1)C2(C)C)[C@@H](OC(=O)C(C)C)C(C)(C)O3. The molecule has 1 aromatic heterocycles. The molecule has 3 aliphatic rings. The lowest BCUT2D eigenvalue weighted by atomic mass is 9.66. The molecule has 1 aromatic carbocycles. The van der Waals surface area contributed by atoms with Crippen molar-refractivity contribution in [2.45, 2.75) is 98.1 Å². The maximum Gasteiger partial charge on any atom is 0.351 e. The summed E-state index contributed by atoms with van der Waals surface area (Å²) in [5, 5.41) is 0.281. The van der Waals surface area contributed by atoms with Gasteiger partial charge in [-0.05, 0) is 45.7 Å². The molecule has 1 saturated heterocycles. The fraction of sp³-hybridized carbons (Fsp3) is 0.600. The predicted molar refractivity (Wildman–Crippen MR) is 140 cm³/mol. The molecule has 9 nitrogen and oxygen atoms in total. The molecule has 5 rings (SSSR count). The number of aryl methyl sites for hydroxylation is 1. The lowest BCUT2D eigenvalue weighted by Crippen LogP contribution is -2.55. The van der Waals surface area contributed by atoms with Crippen molar-refractivity contribution in [2.24, 2.45) is 16.7 Å². The number of ether oxygens (including phenoxy) is 4. The zero-order valence-corrected chi connectivity index (χ0v) is 23.8. The molecule has 0 spiro atoms. The summed E-state index contributed by atoms with van der Waals surface area (Å²) >= 11 is 0. The van der Waals surface area contributed by atoms with Crippen LogP contribution in [0.3, 0.4) is 0 Å². The van der Waals surface area contributed by atoms with Crippen LogP contribution in [0.4, 0.5) is 0 Å². The second-order valence-electron chi connectivity index (χ2n) is 12.5. The smallest absolute Gasteiger partial charge is 0.351 e. The van der Waals surface area contributed by atoms with E-state index in [-0.39, 0.29) is 16.4 Å². The summed E-state index contributed by atoms with van der Waals surface area (Å²) in [5.74, 6) is -1.34. The number of carbonyl (C=O) groups is 3. The molecule has 0 unspecified atom stereocenters. The maximum absolute atomic E-state index is 14.1. The van der Waals surface area contributed by atoms with Crippen LogP contribution >= 0.6 is 0 Å². The summed E-state index contributed by atoms with van der Waals surface area (Å²) in [4.78, 5) is 52.8. The second-order valence-corrected chi connectivity index (χ2v) is 12.5. The van der Waals surface area contributed by atoms with Crippen molar-refractivity contribution in [3.05, 3.63) is 39.7 Å². The summed E-state index contributed by atoms with van der Waals surface area (Å²) < 4.78 is 30.4. The van der Waals surface area contributed by atoms with E-state index in [1.165, 1.54) is 6.07 Å². The van der Waals surface area contributed by atoms with Crippen LogP contribution in [-0.2, 0) is 35.0 Å². The molecule has 2 aliphatic heterocycles. The Morgan fingerprint density at radius 2 is 1.72 bits per heavy atom. The van der Waals surface area contributed by atoms with Crippen molar-refractivity contribution in [2.75, 3.05) is 0 Å². The minimum atomic E-state index is -1.51. The van der Waals surface area contributed by atoms with Crippen molar-refractivity contribution in [1.82, 2.24) is 0 Å². The Bertz CT molecular complexity index is 1450. The standard InChI is InChI=1S/C30H36O9/c1-9-16-14-18(31)17-10-11-19-20(21(17)35-16)22(23(27(4,5)38-19)37-24(32)15(2)3)36-26(34)30-13-12-29(8,25(33)39-30)28(30,6)7/h10-11,14-15,22-23H,9,12-13H2,1-8H3/t22-,23-,29+,30-/m1/s1. The summed E-state index contributed by atoms with van der Waals surface area (Å²) in [6.07, 6.45) is -1.04. The van der Waals surface area contributed by atoms with Gasteiger partial charge in [0.2, 0.25) is 5.60 Å². The largest absolute Gasteiger partial charge is 0.483 e. The lowest BCUT2D eigenvalue weighted by Gasteiger charge is -2.44. The van der Waals surface area contributed by atoms with E-state index in [0.717, 1.165) is 0 Å². The number of hydrogen-bond acceptors (Lipinski definition) is 9. The van der Waals surface area contributed by atoms with Gasteiger partial charge >= 0.3 is 17.9 Å². The first kappa shape index (κ1) is 27.2. The third kappa shape index (κ3) is 3.64. The lowest BCUT2D eigenvalue weighted by molar-refractivity contribution is -0.208. The number of rotatable bonds is 5. The van der Waals surface area contributed by atoms with Gasteiger partial charge in [-0.15, -0.1) is 0 Å². The zero-order valence-electron chi connectivity index (χ0n) is 23.8. The fourth-order valence-electron chi connectivity index (χ4n) is 6.16. The van der Waals surface area contributed by atoms with Gasteiger partial charge in [-0.25, -0.2) is 4.79 Å². The number of hydrogen-bond donors (Lipinski definition) is 0. The van der Waals surface area contributed by atoms with E-state index >= 15 is 0 Å². The van der Waals surface area contributed by atoms with Crippen molar-refractivity contribution in [3.8, 4) is 5.75 Å². The highest BCUT2D eigenvalue weighted by molar-refractivity contribution is 5.94. The molecular weight excluding hydrogens is 504 g/mol. The van der Waals surface area contributed by atoms with Crippen LogP contribution in [0, 0.1) is 16.7 Å². The molecule has 2 fully saturated rings. The Balaban J connectivity index is 1.70. The number of carbonyl (C=O) groups excluding carboxylic acids is 3. The molecule has 0 amide bonds. The Morgan fingerprint density at radius 3 is 2.28 bits per heavy atom. The van der Waals surface area contributed by atoms with E-state index in [1.54, 1.807) is 39.8 Å². The van der Waals surface area contributed by atoms with Gasteiger partial charge in [0.1, 0.15) is 22.7 Å². The van der Waals surface area contributed by atoms with Gasteiger partial charge in [0, 0.05) is 17.9 Å². The molecule has 210 valence electrons. The Hall–Kier alpha value is -3.36. The summed E-state index contributed by atoms with van der Waals surface area (Å²) in [5.41, 5.74) is -4.06. The first-order chi connectivity index (χ1) is 18.1. The molecule has 3 heterocycles. The molecule has 9 heteroatoms. The van der Waals surface area contributed by atoms with Gasteiger partial charge < -0.3 is 23.4 Å². The third-order valence-corrected chi connectivity index (χ3v) is 9.27. The van der Waals surface area contributed by atoms with Crippen molar-refractivity contribution in [1.29, 1.82) is 0 Å². The van der Waals surface area contributed by atoms with Crippen molar-refractivity contribution >= 4 is 28.9 Å². The second kappa shape index (κ2) is 8.57. The van der Waals surface area contributed by atoms with Gasteiger partial charge in [0.05, 0.1) is 22.3 Å². The zero-order chi connectivity index (χ0) is 28.7. The van der Waals surface area contributed by atoms with Crippen LogP contribution in [0.2, 0.25) is 0 Å². The van der Waals surface area contributed by atoms with Gasteiger partial charge in [-0.1, -0.05) is 34.6 Å². The average molecular weight is 541 g/mol. The molecular formula is C30H36O9. The third-order valence-electron chi connectivity index (χ3n) is 9.27. The fourth-order valence-corrected chi connectivity index (χ4v) is 6.16. The van der Waals surface area contributed by atoms with Crippen LogP contribution in [-0.4, -0.2) is 35.2 Å². The van der Waals surface area contributed by atoms with Crippen LogP contribution in [0.15, 0.2) is 27.4 Å². The molecule has 4 atom stereocenters. The minimum absolute atomic E-state index is 0.201. The van der Waals surface area contributed by atoms with E-state index in [1.807, 2.05) is 27.7 Å². The van der Waals surface area contributed by atoms with Crippen molar-refractivity contribution < 1.29 is 37.7 Å². The van der Waals surface area contributed by atoms with Gasteiger partial charge in [0.15, 0.2) is 17.6 Å². The van der Waals surface area contributed by atoms with E-state index in [2.05, 4.69) is 0 Å². The summed E-state index contributed by atoms with van der Waals surface area (Å²) in [6.45, 7) is 14.2. The van der Waals surface area contributed by atoms with Crippen LogP contribution in [0.25, 0.3) is 11.0 Å². The highest BCUT2D eigenvalue weighted by Gasteiger charge is 2.77. The topological polar surface area (TPSA) is 118 Å². The van der Waals surface area contributed by atoms with Gasteiger partial charge in [0.25, 0.3) is 0 Å². The van der Waals surface area contributed by atoms with E-state index < -0.39 is 58.1 Å². The molecule has 1 saturated carbocycles. The number of fused-ring (bicyclic) bond motifs is 5. The minimum Gasteiger partial charge on any atom is -0.483 e. The first-order valence-electron chi connectivity index (χ1n) is 13.5. The molecule has 2 aromatic rings. The quantitative estimate of drug-likeness (QED) is 0.389. The van der Waals surface area contributed by atoms with Crippen LogP contribution < -0.4 is 10.2 Å². The highest BCUT2D eigenvalue weighted by atomic mass is 16.6. The Kier molecular flexibility index (Phi) is 5.98. The normalized spacial score (nSPS) is 30.0.